The molecule has 1 N–H and O–H groups in total. The fraction of sp³-hybridized carbons (Fsp3) is 0. The van der Waals surface area contributed by atoms with E-state index in [1.165, 1.54) is 12.1 Å². The number of carboxylic acid groups (broad SMARTS) is 1. The van der Waals surface area contributed by atoms with E-state index in [1.54, 1.807) is 12.1 Å². The fourth-order valence-electron chi connectivity index (χ4n) is 0.647. The average molecular weight is 305 g/mol. The molecule has 69 valence electrons. The molecule has 0 atom stereocenters. The van der Waals surface area contributed by atoms with Gasteiger partial charge in [-0.25, -0.2) is 4.79 Å². The minimum atomic E-state index is -0.903. The first kappa shape index (κ1) is 18.7. The largest absolute Gasteiger partial charge is 3.00 e. The van der Waals surface area contributed by atoms with Crippen molar-refractivity contribution >= 4 is 5.97 Å². The van der Waals surface area contributed by atoms with E-state index in [1.807, 2.05) is 0 Å². The summed E-state index contributed by atoms with van der Waals surface area (Å²) in [5.74, 6) is -0.903. The van der Waals surface area contributed by atoms with Gasteiger partial charge < -0.3 is 20.0 Å². The van der Waals surface area contributed by atoms with Gasteiger partial charge in [0.2, 0.25) is 0 Å². The molecule has 0 unspecified atom stereocenters. The van der Waals surface area contributed by atoms with E-state index in [2.05, 4.69) is 6.92 Å². The standard InChI is InChI=1S/C8H7O2.2CH3.Ce/c1-6-2-4-7(5-3-6)8(9)10;;;/h2-5H,1H2,(H,9,10);2*1H3;/q3*-1;+3. The molecule has 0 fully saturated rings. The van der Waals surface area contributed by atoms with Crippen molar-refractivity contribution in [1.29, 1.82) is 0 Å². The van der Waals surface area contributed by atoms with Crippen LogP contribution in [0.15, 0.2) is 24.3 Å². The summed E-state index contributed by atoms with van der Waals surface area (Å²) in [6, 6.07) is 6.40. The van der Waals surface area contributed by atoms with Gasteiger partial charge in [0, 0.05) is 5.56 Å². The smallest absolute Gasteiger partial charge is 0.478 e. The minimum Gasteiger partial charge on any atom is -0.478 e. The van der Waals surface area contributed by atoms with E-state index < -0.39 is 5.97 Å². The molecular weight excluding hydrogens is 292 g/mol. The molecule has 0 heterocycles. The molecule has 1 rings (SSSR count). The van der Waals surface area contributed by atoms with E-state index in [-0.39, 0.29) is 56.6 Å². The summed E-state index contributed by atoms with van der Waals surface area (Å²) in [6.45, 7) is 3.63. The van der Waals surface area contributed by atoms with Crippen LogP contribution < -0.4 is 0 Å². The first-order valence-corrected chi connectivity index (χ1v) is 2.85. The molecule has 0 spiro atoms. The maximum absolute atomic E-state index is 10.3. The Balaban J connectivity index is -0.000000333. The van der Waals surface area contributed by atoms with Crippen molar-refractivity contribution in [3.8, 4) is 0 Å². The van der Waals surface area contributed by atoms with Crippen LogP contribution in [0.3, 0.4) is 0 Å². The molecule has 0 aliphatic heterocycles. The van der Waals surface area contributed by atoms with Gasteiger partial charge in [-0.3, -0.25) is 0 Å². The van der Waals surface area contributed by atoms with Gasteiger partial charge in [-0.05, 0) is 0 Å². The van der Waals surface area contributed by atoms with Gasteiger partial charge in [0.05, 0.1) is 0 Å². The number of rotatable bonds is 1. The van der Waals surface area contributed by atoms with Crippen molar-refractivity contribution < 1.29 is 51.6 Å². The Morgan fingerprint density at radius 2 is 1.54 bits per heavy atom. The second-order valence-electron chi connectivity index (χ2n) is 2.00. The molecule has 1 radical (unpaired) electrons. The molecule has 2 nitrogen and oxygen atoms in total. The van der Waals surface area contributed by atoms with Crippen LogP contribution in [0.1, 0.15) is 15.9 Å². The predicted octanol–water partition coefficient (Wildman–Crippen LogP) is 2.47. The molecule has 0 aliphatic rings. The Morgan fingerprint density at radius 1 is 1.15 bits per heavy atom. The second kappa shape index (κ2) is 8.53. The summed E-state index contributed by atoms with van der Waals surface area (Å²) in [5, 5.41) is 8.46. The van der Waals surface area contributed by atoms with Crippen molar-refractivity contribution in [2.75, 3.05) is 0 Å². The van der Waals surface area contributed by atoms with Crippen molar-refractivity contribution in [3.63, 3.8) is 0 Å². The predicted molar refractivity (Wildman–Crippen MR) is 50.7 cm³/mol. The summed E-state index contributed by atoms with van der Waals surface area (Å²) in [4.78, 5) is 10.3. The molecule has 3 heteroatoms. The van der Waals surface area contributed by atoms with E-state index >= 15 is 0 Å². The van der Waals surface area contributed by atoms with Gasteiger partial charge in [0.15, 0.2) is 0 Å². The van der Waals surface area contributed by atoms with Crippen molar-refractivity contribution in [3.05, 3.63) is 57.2 Å². The summed E-state index contributed by atoms with van der Waals surface area (Å²) in [5.41, 5.74) is 1.12. The Labute approximate surface area is 114 Å². The van der Waals surface area contributed by atoms with Crippen molar-refractivity contribution in [2.24, 2.45) is 0 Å². The van der Waals surface area contributed by atoms with Crippen LogP contribution in [0, 0.1) is 63.5 Å². The fourth-order valence-corrected chi connectivity index (χ4v) is 0.647. The van der Waals surface area contributed by atoms with E-state index in [0.29, 0.717) is 5.56 Å². The van der Waals surface area contributed by atoms with Crippen molar-refractivity contribution in [1.82, 2.24) is 0 Å². The zero-order valence-electron chi connectivity index (χ0n) is 7.87. The van der Waals surface area contributed by atoms with Crippen LogP contribution in [0.4, 0.5) is 0 Å². The third kappa shape index (κ3) is 6.07. The summed E-state index contributed by atoms with van der Waals surface area (Å²) < 4.78 is 0. The van der Waals surface area contributed by atoms with Crippen LogP contribution in [0.25, 0.3) is 0 Å². The molecule has 0 aromatic heterocycles. The van der Waals surface area contributed by atoms with Gasteiger partial charge in [0.25, 0.3) is 0 Å². The molecule has 0 amide bonds. The monoisotopic (exact) mass is 305 g/mol. The molecule has 1 aromatic rings. The van der Waals surface area contributed by atoms with E-state index in [9.17, 15) is 4.79 Å². The van der Waals surface area contributed by atoms with E-state index in [4.69, 9.17) is 5.11 Å². The van der Waals surface area contributed by atoms with Crippen molar-refractivity contribution in [2.45, 2.75) is 0 Å². The quantitative estimate of drug-likeness (QED) is 0.809. The molecule has 0 saturated carbocycles. The molecular formula is C10H13CeO2. The van der Waals surface area contributed by atoms with Gasteiger partial charge in [0.1, 0.15) is 0 Å². The van der Waals surface area contributed by atoms with E-state index in [0.717, 1.165) is 5.56 Å². The zero-order chi connectivity index (χ0) is 7.56. The van der Waals surface area contributed by atoms with Crippen LogP contribution in [0.2, 0.25) is 0 Å². The number of benzene rings is 1. The maximum atomic E-state index is 10.3. The third-order valence-corrected chi connectivity index (χ3v) is 1.20. The Bertz CT molecular complexity index is 242. The van der Waals surface area contributed by atoms with Crippen LogP contribution >= 0.6 is 0 Å². The summed E-state index contributed by atoms with van der Waals surface area (Å²) in [7, 11) is 0. The number of hydrogen-bond acceptors (Lipinski definition) is 1. The van der Waals surface area contributed by atoms with Crippen LogP contribution in [-0.2, 0) is 0 Å². The normalized spacial score (nSPS) is 7.08. The number of aromatic carboxylic acids is 1. The average Bonchev–Trinajstić information content (AvgIpc) is 1.88. The minimum absolute atomic E-state index is 0. The number of hydrogen-bond donors (Lipinski definition) is 1. The summed E-state index contributed by atoms with van der Waals surface area (Å²) in [6.07, 6.45) is 0. The molecule has 0 bridgehead atoms. The Morgan fingerprint density at radius 3 is 1.85 bits per heavy atom. The molecule has 0 aliphatic carbocycles. The summed E-state index contributed by atoms with van der Waals surface area (Å²) >= 11 is 0. The Kier molecular flexibility index (Phi) is 12.3. The molecule has 1 aromatic carbocycles. The first-order chi connectivity index (χ1) is 4.70. The van der Waals surface area contributed by atoms with Crippen LogP contribution in [0.5, 0.6) is 0 Å². The van der Waals surface area contributed by atoms with Gasteiger partial charge >= 0.3 is 47.7 Å². The number of carboxylic acids is 1. The maximum Gasteiger partial charge on any atom is 3.00 e. The topological polar surface area (TPSA) is 37.3 Å². The third-order valence-electron chi connectivity index (χ3n) is 1.20. The van der Waals surface area contributed by atoms with Gasteiger partial charge in [-0.1, -0.05) is 0 Å². The molecule has 13 heavy (non-hydrogen) atoms. The first-order valence-electron chi connectivity index (χ1n) is 2.85. The Hall–Kier alpha value is -0.0634. The van der Waals surface area contributed by atoms with Gasteiger partial charge in [-0.2, -0.15) is 24.6 Å². The second-order valence-corrected chi connectivity index (χ2v) is 2.00. The van der Waals surface area contributed by atoms with Gasteiger partial charge in [-0.15, -0.1) is 12.1 Å². The van der Waals surface area contributed by atoms with Crippen LogP contribution in [-0.4, -0.2) is 11.1 Å². The zero-order valence-corrected chi connectivity index (χ0v) is 11.0. The SMILES string of the molecule is [CH2-]c1ccc(C(=O)O)cc1.[CH3-].[CH3-].[Ce+3]. The molecule has 0 saturated heterocycles. The number of carbonyl (C=O) groups is 1.